The number of aromatic nitrogens is 2. The fourth-order valence-electron chi connectivity index (χ4n) is 2.08. The number of ether oxygens (including phenoxy) is 1. The monoisotopic (exact) mass is 301 g/mol. The molecule has 0 saturated heterocycles. The topological polar surface area (TPSA) is 39.1 Å². The highest BCUT2D eigenvalue weighted by Crippen LogP contribution is 2.29. The van der Waals surface area contributed by atoms with Gasteiger partial charge < -0.3 is 10.1 Å². The van der Waals surface area contributed by atoms with E-state index in [0.29, 0.717) is 5.02 Å². The van der Waals surface area contributed by atoms with E-state index >= 15 is 0 Å². The Kier molecular flexibility index (Phi) is 4.57. The van der Waals surface area contributed by atoms with Crippen molar-refractivity contribution in [2.75, 3.05) is 7.05 Å². The molecule has 0 fully saturated rings. The van der Waals surface area contributed by atoms with Gasteiger partial charge in [0, 0.05) is 7.05 Å². The van der Waals surface area contributed by atoms with E-state index in [9.17, 15) is 8.78 Å². The number of hydrogen-bond donors (Lipinski definition) is 1. The zero-order chi connectivity index (χ0) is 14.7. The van der Waals surface area contributed by atoms with E-state index in [-0.39, 0.29) is 11.8 Å². The highest BCUT2D eigenvalue weighted by Gasteiger charge is 2.20. The van der Waals surface area contributed by atoms with Crippen LogP contribution in [0.25, 0.3) is 0 Å². The molecule has 0 bridgehead atoms. The Morgan fingerprint density at radius 2 is 2.15 bits per heavy atom. The molecule has 0 radical (unpaired) electrons. The van der Waals surface area contributed by atoms with Crippen LogP contribution in [-0.2, 0) is 7.05 Å². The largest absolute Gasteiger partial charge is 0.435 e. The van der Waals surface area contributed by atoms with Gasteiger partial charge >= 0.3 is 6.61 Å². The quantitative estimate of drug-likeness (QED) is 0.923. The van der Waals surface area contributed by atoms with Crippen LogP contribution in [0.1, 0.15) is 17.3 Å². The third-order valence-electron chi connectivity index (χ3n) is 2.92. The van der Waals surface area contributed by atoms with Gasteiger partial charge in [0.05, 0.1) is 23.0 Å². The molecule has 2 aromatic rings. The van der Waals surface area contributed by atoms with Crippen molar-refractivity contribution in [3.63, 3.8) is 0 Å². The van der Waals surface area contributed by atoms with Gasteiger partial charge in [0.25, 0.3) is 0 Å². The highest BCUT2D eigenvalue weighted by atomic mass is 35.5. The summed E-state index contributed by atoms with van der Waals surface area (Å²) in [4.78, 5) is 0. The van der Waals surface area contributed by atoms with E-state index < -0.39 is 6.61 Å². The molecular weight excluding hydrogens is 288 g/mol. The van der Waals surface area contributed by atoms with E-state index in [1.165, 1.54) is 6.07 Å². The maximum Gasteiger partial charge on any atom is 0.387 e. The fourth-order valence-corrected chi connectivity index (χ4v) is 2.35. The molecule has 0 saturated carbocycles. The van der Waals surface area contributed by atoms with Crippen molar-refractivity contribution in [3.8, 4) is 5.75 Å². The molecule has 108 valence electrons. The molecule has 1 N–H and O–H groups in total. The van der Waals surface area contributed by atoms with Crippen LogP contribution in [0.4, 0.5) is 8.78 Å². The lowest BCUT2D eigenvalue weighted by atomic mass is 10.0. The maximum absolute atomic E-state index is 12.3. The van der Waals surface area contributed by atoms with Crippen molar-refractivity contribution in [2.24, 2.45) is 7.05 Å². The molecule has 1 aromatic carbocycles. The summed E-state index contributed by atoms with van der Waals surface area (Å²) in [5.41, 5.74) is 1.51. The van der Waals surface area contributed by atoms with E-state index in [4.69, 9.17) is 11.6 Å². The van der Waals surface area contributed by atoms with Crippen LogP contribution in [0.15, 0.2) is 30.5 Å². The number of halogens is 3. The second-order valence-corrected chi connectivity index (χ2v) is 4.58. The first kappa shape index (κ1) is 14.7. The van der Waals surface area contributed by atoms with E-state index in [1.54, 1.807) is 37.1 Å². The summed E-state index contributed by atoms with van der Waals surface area (Å²) >= 11 is 6.12. The SMILES string of the molecule is CNC(c1cccc(OC(F)F)c1)c1c(Cl)cnn1C. The molecule has 1 atom stereocenters. The lowest BCUT2D eigenvalue weighted by Crippen LogP contribution is -2.21. The van der Waals surface area contributed by atoms with Gasteiger partial charge in [-0.15, -0.1) is 0 Å². The van der Waals surface area contributed by atoms with Gasteiger partial charge in [0.1, 0.15) is 5.75 Å². The molecule has 1 heterocycles. The van der Waals surface area contributed by atoms with Crippen molar-refractivity contribution in [2.45, 2.75) is 12.7 Å². The first-order chi connectivity index (χ1) is 9.52. The van der Waals surface area contributed by atoms with E-state index in [1.807, 2.05) is 6.07 Å². The Balaban J connectivity index is 2.37. The van der Waals surface area contributed by atoms with Gasteiger partial charge in [0.15, 0.2) is 0 Å². The van der Waals surface area contributed by atoms with Crippen molar-refractivity contribution in [1.82, 2.24) is 15.1 Å². The minimum absolute atomic E-state index is 0.107. The van der Waals surface area contributed by atoms with Crippen LogP contribution in [0.2, 0.25) is 5.02 Å². The van der Waals surface area contributed by atoms with Crippen molar-refractivity contribution >= 4 is 11.6 Å². The second-order valence-electron chi connectivity index (χ2n) is 4.17. The number of nitrogens with one attached hydrogen (secondary N) is 1. The summed E-state index contributed by atoms with van der Waals surface area (Å²) in [5, 5.41) is 7.68. The number of aryl methyl sites for hydroxylation is 1. The third-order valence-corrected chi connectivity index (χ3v) is 3.21. The normalized spacial score (nSPS) is 12.7. The predicted molar refractivity (Wildman–Crippen MR) is 72.2 cm³/mol. The maximum atomic E-state index is 12.3. The smallest absolute Gasteiger partial charge is 0.387 e. The minimum atomic E-state index is -2.85. The summed E-state index contributed by atoms with van der Waals surface area (Å²) in [7, 11) is 3.53. The summed E-state index contributed by atoms with van der Waals surface area (Å²) < 4.78 is 30.6. The molecule has 1 unspecified atom stereocenters. The minimum Gasteiger partial charge on any atom is -0.435 e. The molecule has 4 nitrogen and oxygen atoms in total. The summed E-state index contributed by atoms with van der Waals surface area (Å²) in [6.45, 7) is -2.85. The highest BCUT2D eigenvalue weighted by molar-refractivity contribution is 6.31. The summed E-state index contributed by atoms with van der Waals surface area (Å²) in [6.07, 6.45) is 1.54. The van der Waals surface area contributed by atoms with E-state index in [0.717, 1.165) is 11.3 Å². The number of nitrogens with zero attached hydrogens (tertiary/aromatic N) is 2. The van der Waals surface area contributed by atoms with E-state index in [2.05, 4.69) is 15.2 Å². The first-order valence-corrected chi connectivity index (χ1v) is 6.30. The summed E-state index contributed by atoms with van der Waals surface area (Å²) in [5.74, 6) is 0.107. The molecule has 0 aliphatic carbocycles. The molecule has 0 aliphatic heterocycles. The Morgan fingerprint density at radius 1 is 1.40 bits per heavy atom. The van der Waals surface area contributed by atoms with Gasteiger partial charge in [-0.2, -0.15) is 13.9 Å². The molecule has 20 heavy (non-hydrogen) atoms. The van der Waals surface area contributed by atoms with Crippen LogP contribution in [0.5, 0.6) is 5.75 Å². The Bertz CT molecular complexity index is 569. The zero-order valence-electron chi connectivity index (χ0n) is 11.0. The second kappa shape index (κ2) is 6.19. The molecular formula is C13H14ClF2N3O. The van der Waals surface area contributed by atoms with Crippen LogP contribution in [0.3, 0.4) is 0 Å². The zero-order valence-corrected chi connectivity index (χ0v) is 11.7. The lowest BCUT2D eigenvalue weighted by molar-refractivity contribution is -0.0498. The standard InChI is InChI=1S/C13H14ClF2N3O/c1-17-11(12-10(14)7-18-19(12)2)8-4-3-5-9(6-8)20-13(15)16/h3-7,11,13,17H,1-2H3. The van der Waals surface area contributed by atoms with Gasteiger partial charge in [0.2, 0.25) is 0 Å². The van der Waals surface area contributed by atoms with Gasteiger partial charge in [-0.1, -0.05) is 23.7 Å². The fraction of sp³-hybridized carbons (Fsp3) is 0.308. The predicted octanol–water partition coefficient (Wildman–Crippen LogP) is 2.98. The number of rotatable bonds is 5. The molecule has 0 spiro atoms. The third kappa shape index (κ3) is 3.08. The van der Waals surface area contributed by atoms with Crippen molar-refractivity contribution < 1.29 is 13.5 Å². The Hall–Kier alpha value is -1.66. The van der Waals surface area contributed by atoms with Crippen LogP contribution >= 0.6 is 11.6 Å². The molecule has 2 rings (SSSR count). The average molecular weight is 302 g/mol. The number of benzene rings is 1. The van der Waals surface area contributed by atoms with Gasteiger partial charge in [-0.3, -0.25) is 4.68 Å². The Labute approximate surface area is 120 Å². The number of hydrogen-bond acceptors (Lipinski definition) is 3. The van der Waals surface area contributed by atoms with Crippen molar-refractivity contribution in [3.05, 3.63) is 46.7 Å². The van der Waals surface area contributed by atoms with Crippen LogP contribution < -0.4 is 10.1 Å². The van der Waals surface area contributed by atoms with Crippen LogP contribution in [0, 0.1) is 0 Å². The average Bonchev–Trinajstić information content (AvgIpc) is 2.71. The Morgan fingerprint density at radius 3 is 2.70 bits per heavy atom. The van der Waals surface area contributed by atoms with Gasteiger partial charge in [-0.05, 0) is 24.7 Å². The first-order valence-electron chi connectivity index (χ1n) is 5.92. The molecule has 1 aromatic heterocycles. The molecule has 7 heteroatoms. The van der Waals surface area contributed by atoms with Crippen molar-refractivity contribution in [1.29, 1.82) is 0 Å². The lowest BCUT2D eigenvalue weighted by Gasteiger charge is -2.18. The number of alkyl halides is 2. The molecule has 0 amide bonds. The summed E-state index contributed by atoms with van der Waals surface area (Å²) in [6, 6.07) is 6.23. The molecule has 0 aliphatic rings. The van der Waals surface area contributed by atoms with Crippen LogP contribution in [-0.4, -0.2) is 23.4 Å². The van der Waals surface area contributed by atoms with Gasteiger partial charge in [-0.25, -0.2) is 0 Å².